The quantitative estimate of drug-likeness (QED) is 0.628. The largest absolute Gasteiger partial charge is 0.477 e. The molecule has 0 aliphatic rings. The van der Waals surface area contributed by atoms with Crippen molar-refractivity contribution in [1.82, 2.24) is 4.98 Å². The maximum Gasteiger partial charge on any atom is 0.342 e. The number of anilines is 1. The number of nitrogens with zero attached hydrogens (tertiary/aromatic N) is 2. The predicted molar refractivity (Wildman–Crippen MR) is 79.1 cm³/mol. The monoisotopic (exact) mass is 307 g/mol. The number of thiazole rings is 1. The van der Waals surface area contributed by atoms with Crippen molar-refractivity contribution in [2.24, 2.45) is 0 Å². The van der Waals surface area contributed by atoms with Gasteiger partial charge in [0.2, 0.25) is 0 Å². The number of carboxylic acid groups (broad SMARTS) is 1. The van der Waals surface area contributed by atoms with Crippen LogP contribution in [-0.2, 0) is 6.42 Å². The molecule has 2 aromatic rings. The van der Waals surface area contributed by atoms with Gasteiger partial charge in [-0.05, 0) is 19.1 Å². The molecule has 0 fully saturated rings. The second-order valence-corrected chi connectivity index (χ2v) is 5.36. The second kappa shape index (κ2) is 6.31. The van der Waals surface area contributed by atoms with E-state index in [9.17, 15) is 14.9 Å². The summed E-state index contributed by atoms with van der Waals surface area (Å²) < 4.78 is 0. The molecule has 1 heterocycles. The van der Waals surface area contributed by atoms with Crippen LogP contribution in [0.2, 0.25) is 0 Å². The average Bonchev–Trinajstić information content (AvgIpc) is 2.83. The number of carboxylic acids is 1. The van der Waals surface area contributed by atoms with Gasteiger partial charge in [0.1, 0.15) is 11.3 Å². The lowest BCUT2D eigenvalue weighted by molar-refractivity contribution is -0.384. The highest BCUT2D eigenvalue weighted by Gasteiger charge is 2.23. The van der Waals surface area contributed by atoms with Crippen LogP contribution >= 0.6 is 11.3 Å². The number of aromatic nitrogens is 1. The minimum atomic E-state index is -1.32. The topological polar surface area (TPSA) is 105 Å². The molecule has 2 N–H and O–H groups in total. The van der Waals surface area contributed by atoms with Crippen LogP contribution in [0.5, 0.6) is 0 Å². The van der Waals surface area contributed by atoms with Crippen LogP contribution in [0.25, 0.3) is 0 Å². The zero-order chi connectivity index (χ0) is 15.4. The van der Waals surface area contributed by atoms with E-state index in [-0.39, 0.29) is 11.3 Å². The molecule has 0 amide bonds. The van der Waals surface area contributed by atoms with Gasteiger partial charge < -0.3 is 10.4 Å². The number of aryl methyl sites for hydroxylation is 1. The Kier molecular flexibility index (Phi) is 4.49. The first-order valence-corrected chi connectivity index (χ1v) is 7.02. The summed E-state index contributed by atoms with van der Waals surface area (Å²) in [6, 6.07) is 4.19. The van der Waals surface area contributed by atoms with E-state index < -0.39 is 16.6 Å². The summed E-state index contributed by atoms with van der Waals surface area (Å²) in [5.41, 5.74) is 0.364. The summed E-state index contributed by atoms with van der Waals surface area (Å²) in [5.74, 6) is -1.32. The van der Waals surface area contributed by atoms with Gasteiger partial charge in [-0.3, -0.25) is 10.1 Å². The first-order valence-electron chi connectivity index (χ1n) is 6.14. The van der Waals surface area contributed by atoms with Crippen molar-refractivity contribution in [3.05, 3.63) is 50.0 Å². The zero-order valence-corrected chi connectivity index (χ0v) is 12.0. The van der Waals surface area contributed by atoms with E-state index in [4.69, 9.17) is 5.11 Å². The summed E-state index contributed by atoms with van der Waals surface area (Å²) in [6.07, 6.45) is 0.610. The van der Waals surface area contributed by atoms with E-state index in [0.29, 0.717) is 13.0 Å². The van der Waals surface area contributed by atoms with Crippen LogP contribution in [0.3, 0.4) is 0 Å². The van der Waals surface area contributed by atoms with Gasteiger partial charge in [-0.25, -0.2) is 9.78 Å². The van der Waals surface area contributed by atoms with Crippen molar-refractivity contribution in [3.8, 4) is 0 Å². The highest BCUT2D eigenvalue weighted by molar-refractivity contribution is 7.09. The van der Waals surface area contributed by atoms with Gasteiger partial charge in [0.25, 0.3) is 0 Å². The first kappa shape index (κ1) is 14.9. The molecule has 8 heteroatoms. The number of carbonyl (C=O) groups is 1. The Balaban J connectivity index is 2.14. The summed E-state index contributed by atoms with van der Waals surface area (Å²) >= 11 is 1.54. The Morgan fingerprint density at radius 2 is 2.29 bits per heavy atom. The van der Waals surface area contributed by atoms with Crippen LogP contribution in [-0.4, -0.2) is 27.5 Å². The fourth-order valence-corrected chi connectivity index (χ4v) is 2.55. The van der Waals surface area contributed by atoms with Gasteiger partial charge in [0.05, 0.1) is 15.6 Å². The molecule has 1 aromatic carbocycles. The number of benzene rings is 1. The Hall–Kier alpha value is -2.48. The third-order valence-electron chi connectivity index (χ3n) is 2.81. The third-order valence-corrected chi connectivity index (χ3v) is 3.63. The second-order valence-electron chi connectivity index (χ2n) is 4.30. The summed E-state index contributed by atoms with van der Waals surface area (Å²) in [5, 5.41) is 25.9. The Morgan fingerprint density at radius 1 is 1.52 bits per heavy atom. The Labute approximate surface area is 124 Å². The fraction of sp³-hybridized carbons (Fsp3) is 0.231. The van der Waals surface area contributed by atoms with Crippen molar-refractivity contribution in [2.45, 2.75) is 13.3 Å². The van der Waals surface area contributed by atoms with Crippen LogP contribution in [0, 0.1) is 17.0 Å². The lowest BCUT2D eigenvalue weighted by Gasteiger charge is -2.07. The molecule has 110 valence electrons. The lowest BCUT2D eigenvalue weighted by atomic mass is 10.1. The number of rotatable bonds is 6. The third kappa shape index (κ3) is 3.54. The van der Waals surface area contributed by atoms with Crippen LogP contribution in [0.15, 0.2) is 23.6 Å². The van der Waals surface area contributed by atoms with Gasteiger partial charge in [-0.2, -0.15) is 0 Å². The molecule has 0 unspecified atom stereocenters. The number of nitro groups is 1. The minimum absolute atomic E-state index is 0.201. The van der Waals surface area contributed by atoms with Gasteiger partial charge >= 0.3 is 11.7 Å². The van der Waals surface area contributed by atoms with E-state index in [1.807, 2.05) is 12.3 Å². The van der Waals surface area contributed by atoms with E-state index in [1.165, 1.54) is 18.2 Å². The van der Waals surface area contributed by atoms with Crippen LogP contribution in [0.4, 0.5) is 11.4 Å². The molecular weight excluding hydrogens is 294 g/mol. The molecule has 0 spiro atoms. The molecule has 1 aromatic heterocycles. The number of hydrogen-bond donors (Lipinski definition) is 2. The highest BCUT2D eigenvalue weighted by atomic mass is 32.1. The molecule has 0 aliphatic heterocycles. The van der Waals surface area contributed by atoms with Crippen molar-refractivity contribution >= 4 is 28.7 Å². The van der Waals surface area contributed by atoms with Gasteiger partial charge in [-0.1, -0.05) is 6.07 Å². The maximum atomic E-state index is 11.1. The standard InChI is InChI=1S/C13H13N3O4S/c1-8-15-9(7-21-8)5-6-14-11-4-2-3-10(13(17)18)12(11)16(19)20/h2-4,7,14H,5-6H2,1H3,(H,17,18). The molecule has 21 heavy (non-hydrogen) atoms. The normalized spacial score (nSPS) is 10.3. The van der Waals surface area contributed by atoms with E-state index >= 15 is 0 Å². The van der Waals surface area contributed by atoms with Crippen LogP contribution < -0.4 is 5.32 Å². The number of para-hydroxylation sites is 1. The predicted octanol–water partition coefficient (Wildman–Crippen LogP) is 2.71. The summed E-state index contributed by atoms with van der Waals surface area (Å²) in [7, 11) is 0. The number of nitro benzene ring substituents is 1. The first-order chi connectivity index (χ1) is 9.99. The summed E-state index contributed by atoms with van der Waals surface area (Å²) in [4.78, 5) is 25.7. The minimum Gasteiger partial charge on any atom is -0.477 e. The fourth-order valence-electron chi connectivity index (χ4n) is 1.90. The summed E-state index contributed by atoms with van der Waals surface area (Å²) in [6.45, 7) is 2.34. The number of aromatic carboxylic acids is 1. The van der Waals surface area contributed by atoms with Gasteiger partial charge in [-0.15, -0.1) is 11.3 Å². The van der Waals surface area contributed by atoms with E-state index in [0.717, 1.165) is 10.7 Å². The van der Waals surface area contributed by atoms with E-state index in [2.05, 4.69) is 10.3 Å². The maximum absolute atomic E-state index is 11.1. The average molecular weight is 307 g/mol. The smallest absolute Gasteiger partial charge is 0.342 e. The molecule has 0 saturated heterocycles. The molecular formula is C13H13N3O4S. The zero-order valence-electron chi connectivity index (χ0n) is 11.2. The number of hydrogen-bond acceptors (Lipinski definition) is 6. The molecule has 0 aliphatic carbocycles. The van der Waals surface area contributed by atoms with Crippen molar-refractivity contribution in [3.63, 3.8) is 0 Å². The SMILES string of the molecule is Cc1nc(CCNc2cccc(C(=O)O)c2[N+](=O)[O-])cs1. The molecule has 0 bridgehead atoms. The van der Waals surface area contributed by atoms with Gasteiger partial charge in [0.15, 0.2) is 0 Å². The van der Waals surface area contributed by atoms with Crippen molar-refractivity contribution in [1.29, 1.82) is 0 Å². The molecule has 7 nitrogen and oxygen atoms in total. The lowest BCUT2D eigenvalue weighted by Crippen LogP contribution is -2.10. The Morgan fingerprint density at radius 3 is 2.86 bits per heavy atom. The van der Waals surface area contributed by atoms with Crippen molar-refractivity contribution < 1.29 is 14.8 Å². The highest BCUT2D eigenvalue weighted by Crippen LogP contribution is 2.28. The molecule has 2 rings (SSSR count). The van der Waals surface area contributed by atoms with Crippen molar-refractivity contribution in [2.75, 3.05) is 11.9 Å². The van der Waals surface area contributed by atoms with E-state index in [1.54, 1.807) is 11.3 Å². The van der Waals surface area contributed by atoms with Crippen LogP contribution in [0.1, 0.15) is 21.1 Å². The Bertz CT molecular complexity index is 684. The number of nitrogens with one attached hydrogen (secondary N) is 1. The van der Waals surface area contributed by atoms with Gasteiger partial charge in [0, 0.05) is 18.3 Å². The molecule has 0 atom stereocenters. The molecule has 0 radical (unpaired) electrons. The molecule has 0 saturated carbocycles.